The van der Waals surface area contributed by atoms with Crippen LogP contribution in [0.25, 0.3) is 10.9 Å². The van der Waals surface area contributed by atoms with Crippen LogP contribution in [0, 0.1) is 5.92 Å². The van der Waals surface area contributed by atoms with Crippen LogP contribution in [0.4, 0.5) is 0 Å². The number of nitrogens with zero attached hydrogens (tertiary/aromatic N) is 1. The maximum atomic E-state index is 13.2. The molecule has 2 N–H and O–H groups in total. The van der Waals surface area contributed by atoms with E-state index in [9.17, 15) is 14.7 Å². The quantitative estimate of drug-likeness (QED) is 0.629. The molecule has 0 aliphatic carbocycles. The first-order valence-electron chi connectivity index (χ1n) is 10.6. The van der Waals surface area contributed by atoms with Crippen molar-refractivity contribution in [3.8, 4) is 5.75 Å². The smallest absolute Gasteiger partial charge is 0.227 e. The SMILES string of the molecule is COCc1cc(=O)c(O)c(C(CC(=O)N2CCc3c([nH]c4ccccc34)C2)C(C)C)o1. The van der Waals surface area contributed by atoms with E-state index in [-0.39, 0.29) is 30.6 Å². The predicted octanol–water partition coefficient (Wildman–Crippen LogP) is 3.69. The highest BCUT2D eigenvalue weighted by atomic mass is 16.5. The molecule has 3 heterocycles. The zero-order chi connectivity index (χ0) is 22.1. The summed E-state index contributed by atoms with van der Waals surface area (Å²) in [5.74, 6) is -0.388. The standard InChI is InChI=1S/C24H28N2O5/c1-14(2)18(24-23(29)21(27)10-15(31-24)13-30-3)11-22(28)26-9-8-17-16-6-4-5-7-19(16)25-20(17)12-26/h4-7,10,14,18,25,29H,8-9,11-13H2,1-3H3. The average Bonchev–Trinajstić information content (AvgIpc) is 3.12. The Morgan fingerprint density at radius 3 is 2.84 bits per heavy atom. The van der Waals surface area contributed by atoms with Gasteiger partial charge in [0.1, 0.15) is 12.4 Å². The van der Waals surface area contributed by atoms with Gasteiger partial charge in [0.15, 0.2) is 5.76 Å². The summed E-state index contributed by atoms with van der Waals surface area (Å²) in [7, 11) is 1.50. The summed E-state index contributed by atoms with van der Waals surface area (Å²) in [6.07, 6.45) is 0.946. The topological polar surface area (TPSA) is 95.8 Å². The number of ether oxygens (including phenoxy) is 1. The van der Waals surface area contributed by atoms with Crippen molar-refractivity contribution in [2.75, 3.05) is 13.7 Å². The minimum absolute atomic E-state index is 0.00998. The lowest BCUT2D eigenvalue weighted by atomic mass is 9.88. The number of para-hydroxylation sites is 1. The Labute approximate surface area is 180 Å². The van der Waals surface area contributed by atoms with E-state index in [1.54, 1.807) is 0 Å². The van der Waals surface area contributed by atoms with E-state index in [0.717, 1.165) is 17.6 Å². The molecule has 0 radical (unpaired) electrons. The molecule has 3 aromatic rings. The molecule has 1 atom stereocenters. The second-order valence-corrected chi connectivity index (χ2v) is 8.47. The number of hydrogen-bond donors (Lipinski definition) is 2. The van der Waals surface area contributed by atoms with Gasteiger partial charge in [0.25, 0.3) is 0 Å². The molecule has 1 amide bonds. The average molecular weight is 424 g/mol. The molecule has 1 aliphatic heterocycles. The summed E-state index contributed by atoms with van der Waals surface area (Å²) in [5, 5.41) is 11.6. The van der Waals surface area contributed by atoms with E-state index in [2.05, 4.69) is 11.1 Å². The van der Waals surface area contributed by atoms with E-state index < -0.39 is 17.1 Å². The highest BCUT2D eigenvalue weighted by molar-refractivity contribution is 5.85. The minimum atomic E-state index is -0.521. The van der Waals surface area contributed by atoms with E-state index >= 15 is 0 Å². The van der Waals surface area contributed by atoms with Crippen LogP contribution in [0.15, 0.2) is 39.5 Å². The zero-order valence-corrected chi connectivity index (χ0v) is 18.1. The molecule has 0 saturated carbocycles. The van der Waals surface area contributed by atoms with Gasteiger partial charge in [-0.1, -0.05) is 32.0 Å². The number of aromatic hydroxyl groups is 1. The maximum absolute atomic E-state index is 13.2. The number of H-pyrrole nitrogens is 1. The molecule has 2 aromatic heterocycles. The fraction of sp³-hybridized carbons (Fsp3) is 0.417. The molecular formula is C24H28N2O5. The fourth-order valence-corrected chi connectivity index (χ4v) is 4.37. The number of nitrogens with one attached hydrogen (secondary N) is 1. The van der Waals surface area contributed by atoms with Gasteiger partial charge in [-0.25, -0.2) is 0 Å². The van der Waals surface area contributed by atoms with Gasteiger partial charge >= 0.3 is 0 Å². The molecule has 0 bridgehead atoms. The van der Waals surface area contributed by atoms with Gasteiger partial charge in [-0.2, -0.15) is 0 Å². The molecule has 1 unspecified atom stereocenters. The Morgan fingerprint density at radius 2 is 2.10 bits per heavy atom. The first kappa shape index (κ1) is 21.2. The van der Waals surface area contributed by atoms with Gasteiger partial charge in [0, 0.05) is 48.7 Å². The molecule has 1 aliphatic rings. The van der Waals surface area contributed by atoms with Crippen LogP contribution in [0.1, 0.15) is 49.0 Å². The van der Waals surface area contributed by atoms with Crippen molar-refractivity contribution in [1.82, 2.24) is 9.88 Å². The van der Waals surface area contributed by atoms with Crippen LogP contribution in [-0.2, 0) is 29.1 Å². The number of aromatic nitrogens is 1. The molecule has 31 heavy (non-hydrogen) atoms. The van der Waals surface area contributed by atoms with E-state index in [4.69, 9.17) is 9.15 Å². The molecule has 7 nitrogen and oxygen atoms in total. The lowest BCUT2D eigenvalue weighted by molar-refractivity contribution is -0.133. The zero-order valence-electron chi connectivity index (χ0n) is 18.1. The number of aromatic amines is 1. The third-order valence-corrected chi connectivity index (χ3v) is 6.06. The lowest BCUT2D eigenvalue weighted by Gasteiger charge is -2.29. The first-order valence-corrected chi connectivity index (χ1v) is 10.6. The van der Waals surface area contributed by atoms with Crippen LogP contribution < -0.4 is 5.43 Å². The van der Waals surface area contributed by atoms with Gasteiger partial charge in [-0.05, 0) is 24.0 Å². The number of rotatable bonds is 6. The van der Waals surface area contributed by atoms with Crippen molar-refractivity contribution in [2.24, 2.45) is 5.92 Å². The highest BCUT2D eigenvalue weighted by Crippen LogP contribution is 2.35. The summed E-state index contributed by atoms with van der Waals surface area (Å²) in [6, 6.07) is 9.41. The summed E-state index contributed by atoms with van der Waals surface area (Å²) in [5.41, 5.74) is 2.91. The molecule has 0 spiro atoms. The van der Waals surface area contributed by atoms with Crippen molar-refractivity contribution in [1.29, 1.82) is 0 Å². The monoisotopic (exact) mass is 424 g/mol. The third-order valence-electron chi connectivity index (χ3n) is 6.06. The summed E-state index contributed by atoms with van der Waals surface area (Å²) < 4.78 is 10.8. The molecule has 0 saturated heterocycles. The Balaban J connectivity index is 1.57. The van der Waals surface area contributed by atoms with E-state index in [0.29, 0.717) is 18.8 Å². The van der Waals surface area contributed by atoms with Gasteiger partial charge in [0.2, 0.25) is 17.1 Å². The normalized spacial score (nSPS) is 14.8. The number of carbonyl (C=O) groups excluding carboxylic acids is 1. The molecule has 1 aromatic carbocycles. The molecule has 0 fully saturated rings. The Morgan fingerprint density at radius 1 is 1.32 bits per heavy atom. The molecule has 164 valence electrons. The van der Waals surface area contributed by atoms with Crippen molar-refractivity contribution in [3.63, 3.8) is 0 Å². The number of benzene rings is 1. The van der Waals surface area contributed by atoms with Crippen molar-refractivity contribution >= 4 is 16.8 Å². The number of carbonyl (C=O) groups is 1. The van der Waals surface area contributed by atoms with Crippen LogP contribution in [0.3, 0.4) is 0 Å². The van der Waals surface area contributed by atoms with E-state index in [1.165, 1.54) is 24.1 Å². The summed E-state index contributed by atoms with van der Waals surface area (Å²) in [6.45, 7) is 5.18. The Bertz CT molecular complexity index is 1160. The van der Waals surface area contributed by atoms with Crippen LogP contribution in [0.5, 0.6) is 5.75 Å². The second kappa shape index (κ2) is 8.59. The fourth-order valence-electron chi connectivity index (χ4n) is 4.37. The predicted molar refractivity (Wildman–Crippen MR) is 117 cm³/mol. The minimum Gasteiger partial charge on any atom is -0.502 e. The van der Waals surface area contributed by atoms with Crippen molar-refractivity contribution in [2.45, 2.75) is 45.8 Å². The largest absolute Gasteiger partial charge is 0.502 e. The van der Waals surface area contributed by atoms with Gasteiger partial charge in [0.05, 0.1) is 6.54 Å². The number of hydrogen-bond acceptors (Lipinski definition) is 5. The number of amides is 1. The van der Waals surface area contributed by atoms with Crippen molar-refractivity contribution < 1.29 is 19.1 Å². The van der Waals surface area contributed by atoms with Gasteiger partial charge < -0.3 is 24.1 Å². The van der Waals surface area contributed by atoms with Crippen LogP contribution in [-0.4, -0.2) is 34.6 Å². The van der Waals surface area contributed by atoms with Gasteiger partial charge in [-0.3, -0.25) is 9.59 Å². The maximum Gasteiger partial charge on any atom is 0.227 e. The summed E-state index contributed by atoms with van der Waals surface area (Å²) >= 11 is 0. The van der Waals surface area contributed by atoms with Crippen LogP contribution >= 0.6 is 0 Å². The Hall–Kier alpha value is -3.06. The van der Waals surface area contributed by atoms with Crippen LogP contribution in [0.2, 0.25) is 0 Å². The van der Waals surface area contributed by atoms with Gasteiger partial charge in [-0.15, -0.1) is 0 Å². The van der Waals surface area contributed by atoms with E-state index in [1.807, 2.05) is 36.9 Å². The highest BCUT2D eigenvalue weighted by Gasteiger charge is 2.31. The summed E-state index contributed by atoms with van der Waals surface area (Å²) in [4.78, 5) is 30.7. The Kier molecular flexibility index (Phi) is 5.87. The second-order valence-electron chi connectivity index (χ2n) is 8.47. The third kappa shape index (κ3) is 4.10. The number of fused-ring (bicyclic) bond motifs is 3. The lowest BCUT2D eigenvalue weighted by Crippen LogP contribution is -2.37. The first-order chi connectivity index (χ1) is 14.9. The molecule has 4 rings (SSSR count). The molecule has 7 heteroatoms. The number of methoxy groups -OCH3 is 1. The van der Waals surface area contributed by atoms with Crippen molar-refractivity contribution in [3.05, 3.63) is 63.3 Å². The molecular weight excluding hydrogens is 396 g/mol.